The molecule has 170 valence electrons. The Morgan fingerprint density at radius 1 is 0.967 bits per heavy atom. The number of carbonyl (C=O) groups excluding carboxylic acids is 1. The lowest BCUT2D eigenvalue weighted by Gasteiger charge is -2.43. The standard InChI is InChI=1S/C25H39ClO4/c1-17(2)11-9-12-18(3)13-10-14-19(4)15-16-21-20(5)25(29-7,30-8)24(28-6)22(26)23(21)27/h11,13,15,20-21H,9-10,12,14,16H2,1-8H3/b18-13+,19-15+/t20?,21-/m1/s1. The first-order chi connectivity index (χ1) is 14.1. The van der Waals surface area contributed by atoms with Crippen molar-refractivity contribution in [3.8, 4) is 0 Å². The number of hydrogen-bond donors (Lipinski definition) is 0. The Morgan fingerprint density at radius 2 is 1.50 bits per heavy atom. The average molecular weight is 439 g/mol. The molecule has 0 bridgehead atoms. The summed E-state index contributed by atoms with van der Waals surface area (Å²) >= 11 is 6.34. The normalized spacial score (nSPS) is 22.4. The molecule has 30 heavy (non-hydrogen) atoms. The minimum absolute atomic E-state index is 0.0604. The fraction of sp³-hybridized carbons (Fsp3) is 0.640. The molecule has 0 N–H and O–H groups in total. The number of allylic oxidation sites excluding steroid dienone is 7. The molecule has 0 saturated heterocycles. The van der Waals surface area contributed by atoms with E-state index in [1.165, 1.54) is 23.8 Å². The van der Waals surface area contributed by atoms with Crippen LogP contribution >= 0.6 is 11.6 Å². The van der Waals surface area contributed by atoms with Gasteiger partial charge in [0.15, 0.2) is 11.5 Å². The predicted molar refractivity (Wildman–Crippen MR) is 124 cm³/mol. The highest BCUT2D eigenvalue weighted by Crippen LogP contribution is 2.45. The van der Waals surface area contributed by atoms with Crippen molar-refractivity contribution in [2.75, 3.05) is 21.3 Å². The Morgan fingerprint density at radius 3 is 2.00 bits per heavy atom. The number of halogens is 1. The maximum atomic E-state index is 12.9. The first-order valence-corrected chi connectivity index (χ1v) is 11.1. The summed E-state index contributed by atoms with van der Waals surface area (Å²) in [6.45, 7) is 10.5. The summed E-state index contributed by atoms with van der Waals surface area (Å²) in [6, 6.07) is 0. The number of ether oxygens (including phenoxy) is 3. The number of carbonyl (C=O) groups is 1. The fourth-order valence-electron chi connectivity index (χ4n) is 3.98. The van der Waals surface area contributed by atoms with Crippen LogP contribution in [0, 0.1) is 11.8 Å². The van der Waals surface area contributed by atoms with Crippen LogP contribution in [0.15, 0.2) is 45.7 Å². The Bertz CT molecular complexity index is 707. The van der Waals surface area contributed by atoms with Crippen molar-refractivity contribution in [1.29, 1.82) is 0 Å². The SMILES string of the molecule is COC1=C(Cl)C(=O)[C@H](C/C=C(\C)CC/C=C(\C)CCC=C(C)C)C(C)C1(OC)OC. The number of hydrogen-bond acceptors (Lipinski definition) is 4. The van der Waals surface area contributed by atoms with Gasteiger partial charge < -0.3 is 14.2 Å². The lowest BCUT2D eigenvalue weighted by Crippen LogP contribution is -2.52. The molecule has 0 aliphatic heterocycles. The molecule has 0 saturated carbocycles. The predicted octanol–water partition coefficient (Wildman–Crippen LogP) is 6.72. The Labute approximate surface area is 188 Å². The van der Waals surface area contributed by atoms with Crippen LogP contribution in [0.2, 0.25) is 0 Å². The van der Waals surface area contributed by atoms with Crippen molar-refractivity contribution < 1.29 is 19.0 Å². The van der Waals surface area contributed by atoms with E-state index in [0.717, 1.165) is 25.7 Å². The molecule has 2 atom stereocenters. The van der Waals surface area contributed by atoms with Gasteiger partial charge in [0, 0.05) is 26.1 Å². The summed E-state index contributed by atoms with van der Waals surface area (Å²) in [5.41, 5.74) is 4.05. The summed E-state index contributed by atoms with van der Waals surface area (Å²) in [7, 11) is 4.57. The molecule has 0 aromatic heterocycles. The number of rotatable bonds is 11. The highest BCUT2D eigenvalue weighted by Gasteiger charge is 2.53. The van der Waals surface area contributed by atoms with Gasteiger partial charge >= 0.3 is 0 Å². The van der Waals surface area contributed by atoms with E-state index in [9.17, 15) is 4.79 Å². The molecular formula is C25H39ClO4. The van der Waals surface area contributed by atoms with Crippen LogP contribution in [0.4, 0.5) is 0 Å². The van der Waals surface area contributed by atoms with E-state index < -0.39 is 5.79 Å². The number of Topliss-reactive ketones (excluding diaryl/α,β-unsaturated/α-hetero) is 1. The molecule has 0 radical (unpaired) electrons. The topological polar surface area (TPSA) is 44.8 Å². The van der Waals surface area contributed by atoms with E-state index in [0.29, 0.717) is 6.42 Å². The fourth-order valence-corrected chi connectivity index (χ4v) is 4.33. The zero-order chi connectivity index (χ0) is 22.9. The van der Waals surface area contributed by atoms with Crippen LogP contribution < -0.4 is 0 Å². The van der Waals surface area contributed by atoms with Crippen molar-refractivity contribution in [3.05, 3.63) is 45.7 Å². The first-order valence-electron chi connectivity index (χ1n) is 10.7. The zero-order valence-corrected chi connectivity index (χ0v) is 20.7. The van der Waals surface area contributed by atoms with Crippen molar-refractivity contribution in [3.63, 3.8) is 0 Å². The summed E-state index contributed by atoms with van der Waals surface area (Å²) in [5, 5.41) is 0.0604. The lowest BCUT2D eigenvalue weighted by molar-refractivity contribution is -0.241. The Balaban J connectivity index is 2.80. The Kier molecular flexibility index (Phi) is 11.1. The molecule has 0 aromatic carbocycles. The van der Waals surface area contributed by atoms with E-state index >= 15 is 0 Å². The molecule has 1 unspecified atom stereocenters. The smallest absolute Gasteiger partial charge is 0.232 e. The third kappa shape index (κ3) is 6.57. The molecule has 0 heterocycles. The molecule has 0 spiro atoms. The summed E-state index contributed by atoms with van der Waals surface area (Å²) in [6.07, 6.45) is 11.5. The van der Waals surface area contributed by atoms with Crippen LogP contribution in [0.5, 0.6) is 0 Å². The third-order valence-electron chi connectivity index (χ3n) is 5.93. The molecule has 1 rings (SSSR count). The average Bonchev–Trinajstić information content (AvgIpc) is 2.70. The molecule has 1 aliphatic rings. The first kappa shape index (κ1) is 26.7. The molecule has 0 fully saturated rings. The lowest BCUT2D eigenvalue weighted by atomic mass is 9.75. The van der Waals surface area contributed by atoms with E-state index in [-0.39, 0.29) is 28.4 Å². The maximum Gasteiger partial charge on any atom is 0.232 e. The second-order valence-electron chi connectivity index (χ2n) is 8.38. The highest BCUT2D eigenvalue weighted by atomic mass is 35.5. The molecule has 1 aliphatic carbocycles. The largest absolute Gasteiger partial charge is 0.494 e. The van der Waals surface area contributed by atoms with Gasteiger partial charge in [0.1, 0.15) is 5.03 Å². The maximum absolute atomic E-state index is 12.9. The van der Waals surface area contributed by atoms with Gasteiger partial charge in [0.2, 0.25) is 5.79 Å². The van der Waals surface area contributed by atoms with Crippen LogP contribution in [0.3, 0.4) is 0 Å². The number of methoxy groups -OCH3 is 3. The van der Waals surface area contributed by atoms with Gasteiger partial charge in [-0.05, 0) is 59.8 Å². The van der Waals surface area contributed by atoms with Crippen molar-refractivity contribution in [2.24, 2.45) is 11.8 Å². The van der Waals surface area contributed by atoms with Crippen molar-refractivity contribution in [2.45, 2.75) is 72.5 Å². The van der Waals surface area contributed by atoms with Gasteiger partial charge in [-0.1, -0.05) is 53.5 Å². The number of ketones is 1. The summed E-state index contributed by atoms with van der Waals surface area (Å²) in [5.74, 6) is -1.59. The molecule has 0 aromatic rings. The Hall–Kier alpha value is -1.36. The molecule has 5 heteroatoms. The van der Waals surface area contributed by atoms with Gasteiger partial charge in [0.05, 0.1) is 7.11 Å². The van der Waals surface area contributed by atoms with Gasteiger partial charge in [-0.25, -0.2) is 0 Å². The van der Waals surface area contributed by atoms with E-state index in [1.54, 1.807) is 14.2 Å². The van der Waals surface area contributed by atoms with Gasteiger partial charge in [-0.3, -0.25) is 4.79 Å². The van der Waals surface area contributed by atoms with Crippen LogP contribution in [-0.4, -0.2) is 32.9 Å². The van der Waals surface area contributed by atoms with Crippen LogP contribution in [-0.2, 0) is 19.0 Å². The second-order valence-corrected chi connectivity index (χ2v) is 8.76. The molecule has 0 amide bonds. The van der Waals surface area contributed by atoms with Crippen molar-refractivity contribution >= 4 is 17.4 Å². The van der Waals surface area contributed by atoms with Gasteiger partial charge in [-0.15, -0.1) is 0 Å². The van der Waals surface area contributed by atoms with Gasteiger partial charge in [-0.2, -0.15) is 0 Å². The highest BCUT2D eigenvalue weighted by molar-refractivity contribution is 6.43. The second kappa shape index (κ2) is 12.5. The monoisotopic (exact) mass is 438 g/mol. The van der Waals surface area contributed by atoms with Crippen molar-refractivity contribution in [1.82, 2.24) is 0 Å². The van der Waals surface area contributed by atoms with E-state index in [2.05, 4.69) is 45.9 Å². The quantitative estimate of drug-likeness (QED) is 0.265. The van der Waals surface area contributed by atoms with E-state index in [1.807, 2.05) is 6.92 Å². The zero-order valence-electron chi connectivity index (χ0n) is 19.9. The third-order valence-corrected chi connectivity index (χ3v) is 6.28. The summed E-state index contributed by atoms with van der Waals surface area (Å²) in [4.78, 5) is 12.9. The minimum atomic E-state index is -1.16. The molecular weight excluding hydrogens is 400 g/mol. The van der Waals surface area contributed by atoms with Crippen LogP contribution in [0.25, 0.3) is 0 Å². The molecule has 4 nitrogen and oxygen atoms in total. The van der Waals surface area contributed by atoms with Gasteiger partial charge in [0.25, 0.3) is 0 Å². The minimum Gasteiger partial charge on any atom is -0.494 e. The van der Waals surface area contributed by atoms with E-state index in [4.69, 9.17) is 25.8 Å². The van der Waals surface area contributed by atoms with Crippen LogP contribution in [0.1, 0.15) is 66.7 Å². The summed E-state index contributed by atoms with van der Waals surface area (Å²) < 4.78 is 16.7.